The number of hydrogen-bond acceptors (Lipinski definition) is 7. The van der Waals surface area contributed by atoms with E-state index in [-0.39, 0.29) is 13.2 Å². The van der Waals surface area contributed by atoms with E-state index in [1.165, 1.54) is 10.8 Å². The van der Waals surface area contributed by atoms with Crippen molar-refractivity contribution in [3.63, 3.8) is 0 Å². The lowest BCUT2D eigenvalue weighted by Crippen LogP contribution is -2.49. The first-order valence-electron chi connectivity index (χ1n) is 12.1. The number of hydrogen-bond donors (Lipinski definition) is 3. The molecule has 0 bridgehead atoms. The smallest absolute Gasteiger partial charge is 0.330 e. The van der Waals surface area contributed by atoms with Gasteiger partial charge in [-0.05, 0) is 37.4 Å². The molecule has 1 aliphatic heterocycles. The molecular formula is C27H33N3O6. The number of rotatable bonds is 11. The van der Waals surface area contributed by atoms with Crippen molar-refractivity contribution in [3.8, 4) is 0 Å². The second-order valence-corrected chi connectivity index (χ2v) is 9.13. The van der Waals surface area contributed by atoms with E-state index in [1.54, 1.807) is 6.92 Å². The Balaban J connectivity index is 1.65. The number of aliphatic hydroxyl groups excluding tert-OH is 1. The number of nitrogens with one attached hydrogen (secondary N) is 1. The van der Waals surface area contributed by atoms with Gasteiger partial charge in [0.05, 0.1) is 19.8 Å². The zero-order valence-electron chi connectivity index (χ0n) is 20.3. The van der Waals surface area contributed by atoms with Crippen molar-refractivity contribution in [1.82, 2.24) is 9.55 Å². The minimum absolute atomic E-state index is 0.117. The van der Waals surface area contributed by atoms with Crippen molar-refractivity contribution in [2.75, 3.05) is 13.2 Å². The fraction of sp³-hybridized carbons (Fsp3) is 0.407. The van der Waals surface area contributed by atoms with E-state index in [2.05, 4.69) is 4.98 Å². The Labute approximate surface area is 209 Å². The van der Waals surface area contributed by atoms with Crippen LogP contribution in [0.4, 0.5) is 0 Å². The molecule has 192 valence electrons. The van der Waals surface area contributed by atoms with Gasteiger partial charge < -0.3 is 25.1 Å². The van der Waals surface area contributed by atoms with Crippen LogP contribution >= 0.6 is 0 Å². The van der Waals surface area contributed by atoms with Crippen LogP contribution in [0, 0.1) is 6.92 Å². The summed E-state index contributed by atoms with van der Waals surface area (Å²) in [6, 6.07) is 19.3. The highest BCUT2D eigenvalue weighted by Gasteiger charge is 2.56. The molecule has 2 aromatic carbocycles. The molecule has 0 aliphatic carbocycles. The summed E-state index contributed by atoms with van der Waals surface area (Å²) >= 11 is 0. The van der Waals surface area contributed by atoms with Crippen LogP contribution in [0.2, 0.25) is 0 Å². The molecule has 4 N–H and O–H groups in total. The first-order chi connectivity index (χ1) is 17.4. The van der Waals surface area contributed by atoms with Gasteiger partial charge in [0.2, 0.25) is 0 Å². The summed E-state index contributed by atoms with van der Waals surface area (Å²) < 4.78 is 20.0. The van der Waals surface area contributed by atoms with Crippen molar-refractivity contribution < 1.29 is 19.3 Å². The fourth-order valence-corrected chi connectivity index (χ4v) is 4.55. The highest BCUT2D eigenvalue weighted by molar-refractivity contribution is 5.15. The van der Waals surface area contributed by atoms with Crippen LogP contribution in [0.25, 0.3) is 0 Å². The second-order valence-electron chi connectivity index (χ2n) is 9.13. The number of ether oxygens (including phenoxy) is 3. The highest BCUT2D eigenvalue weighted by Crippen LogP contribution is 2.42. The molecule has 1 fully saturated rings. The molecule has 9 nitrogen and oxygen atoms in total. The molecule has 3 aromatic rings. The number of nitrogens with zero attached hydrogens (tertiary/aromatic N) is 1. The molecule has 0 amide bonds. The maximum atomic E-state index is 12.7. The first kappa shape index (κ1) is 26.0. The lowest BCUT2D eigenvalue weighted by atomic mass is 9.90. The Morgan fingerprint density at radius 3 is 2.33 bits per heavy atom. The number of aromatic amines is 1. The predicted octanol–water partition coefficient (Wildman–Crippen LogP) is 2.01. The van der Waals surface area contributed by atoms with E-state index >= 15 is 0 Å². The van der Waals surface area contributed by atoms with Crippen molar-refractivity contribution >= 4 is 0 Å². The zero-order chi connectivity index (χ0) is 25.5. The fourth-order valence-electron chi connectivity index (χ4n) is 4.55. The molecule has 1 aliphatic rings. The lowest BCUT2D eigenvalue weighted by molar-refractivity contribution is -0.161. The minimum Gasteiger partial charge on any atom is -0.386 e. The summed E-state index contributed by atoms with van der Waals surface area (Å²) in [5.74, 6) is 0. The number of aliphatic hydroxyl groups is 1. The lowest BCUT2D eigenvalue weighted by Gasteiger charge is -2.34. The van der Waals surface area contributed by atoms with Crippen molar-refractivity contribution in [2.45, 2.75) is 57.0 Å². The third-order valence-corrected chi connectivity index (χ3v) is 6.43. The number of nitrogens with two attached hydrogens (primary N) is 1. The monoisotopic (exact) mass is 495 g/mol. The molecule has 0 radical (unpaired) electrons. The van der Waals surface area contributed by atoms with Crippen LogP contribution in [0.15, 0.2) is 76.4 Å². The molecule has 4 atom stereocenters. The Morgan fingerprint density at radius 2 is 1.69 bits per heavy atom. The largest absolute Gasteiger partial charge is 0.386 e. The van der Waals surface area contributed by atoms with Gasteiger partial charge in [0, 0.05) is 11.8 Å². The van der Waals surface area contributed by atoms with Crippen molar-refractivity contribution in [2.24, 2.45) is 5.73 Å². The molecule has 1 saturated heterocycles. The Bertz CT molecular complexity index is 1230. The molecule has 9 heteroatoms. The van der Waals surface area contributed by atoms with Crippen LogP contribution in [0.1, 0.15) is 35.8 Å². The van der Waals surface area contributed by atoms with E-state index in [9.17, 15) is 14.7 Å². The maximum absolute atomic E-state index is 12.7. The molecule has 0 saturated carbocycles. The second kappa shape index (κ2) is 11.8. The van der Waals surface area contributed by atoms with Crippen molar-refractivity contribution in [3.05, 3.63) is 104 Å². The van der Waals surface area contributed by atoms with Gasteiger partial charge in [-0.25, -0.2) is 4.79 Å². The van der Waals surface area contributed by atoms with E-state index < -0.39 is 35.3 Å². The van der Waals surface area contributed by atoms with Gasteiger partial charge in [-0.3, -0.25) is 14.3 Å². The molecular weight excluding hydrogens is 462 g/mol. The maximum Gasteiger partial charge on any atom is 0.330 e. The number of benzene rings is 2. The third kappa shape index (κ3) is 5.83. The van der Waals surface area contributed by atoms with Gasteiger partial charge in [-0.1, -0.05) is 60.7 Å². The Morgan fingerprint density at radius 1 is 1.06 bits per heavy atom. The quantitative estimate of drug-likeness (QED) is 0.371. The predicted molar refractivity (Wildman–Crippen MR) is 134 cm³/mol. The van der Waals surface area contributed by atoms with Gasteiger partial charge in [0.1, 0.15) is 17.8 Å². The van der Waals surface area contributed by atoms with Crippen LogP contribution in [0.3, 0.4) is 0 Å². The topological polar surface area (TPSA) is 129 Å². The van der Waals surface area contributed by atoms with Gasteiger partial charge >= 0.3 is 5.69 Å². The van der Waals surface area contributed by atoms with Crippen LogP contribution in [-0.4, -0.2) is 45.6 Å². The van der Waals surface area contributed by atoms with Gasteiger partial charge in [0.15, 0.2) is 6.23 Å². The van der Waals surface area contributed by atoms with Crippen molar-refractivity contribution in [1.29, 1.82) is 0 Å². The summed E-state index contributed by atoms with van der Waals surface area (Å²) in [5, 5.41) is 11.4. The van der Waals surface area contributed by atoms with Gasteiger partial charge in [-0.15, -0.1) is 0 Å². The van der Waals surface area contributed by atoms with Crippen LogP contribution in [0.5, 0.6) is 0 Å². The average Bonchev–Trinajstić information content (AvgIpc) is 3.16. The van der Waals surface area contributed by atoms with E-state index in [0.717, 1.165) is 11.1 Å². The SMILES string of the molecule is Cc1cn([C@@H]2O[C@](CCCN)(COCc3ccccc3)[C@@H](OCc3ccccc3)[C@H]2O)c(=O)[nH]c1=O. The third-order valence-electron chi connectivity index (χ3n) is 6.43. The minimum atomic E-state index is -1.20. The molecule has 2 heterocycles. The molecule has 1 aromatic heterocycles. The highest BCUT2D eigenvalue weighted by atomic mass is 16.6. The number of aryl methyl sites for hydroxylation is 1. The van der Waals surface area contributed by atoms with Gasteiger partial charge in [-0.2, -0.15) is 0 Å². The summed E-state index contributed by atoms with van der Waals surface area (Å²) in [4.78, 5) is 26.9. The summed E-state index contributed by atoms with van der Waals surface area (Å²) in [6.45, 7) is 2.70. The summed E-state index contributed by atoms with van der Waals surface area (Å²) in [6.07, 6.45) is -0.653. The molecule has 0 spiro atoms. The zero-order valence-corrected chi connectivity index (χ0v) is 20.3. The normalized spacial score (nSPS) is 23.7. The molecule has 36 heavy (non-hydrogen) atoms. The van der Waals surface area contributed by atoms with Crippen LogP contribution in [-0.2, 0) is 27.4 Å². The van der Waals surface area contributed by atoms with E-state index in [1.807, 2.05) is 60.7 Å². The van der Waals surface area contributed by atoms with E-state index in [0.29, 0.717) is 31.6 Å². The molecule has 0 unspecified atom stereocenters. The van der Waals surface area contributed by atoms with E-state index in [4.69, 9.17) is 19.9 Å². The average molecular weight is 496 g/mol. The molecule has 4 rings (SSSR count). The Kier molecular flexibility index (Phi) is 8.50. The number of aromatic nitrogens is 2. The Hall–Kier alpha value is -3.08. The van der Waals surface area contributed by atoms with Crippen LogP contribution < -0.4 is 17.0 Å². The summed E-state index contributed by atoms with van der Waals surface area (Å²) in [7, 11) is 0. The standard InChI is InChI=1S/C27H33N3O6/c1-19-15-30(26(33)29-24(19)32)25-22(31)23(35-17-21-11-6-3-7-12-21)27(36-25,13-8-14-28)18-34-16-20-9-4-2-5-10-20/h2-7,9-12,15,22-23,25,31H,8,13-14,16-18,28H2,1H3,(H,29,32,33)/t22-,23+,25-,27-/m1/s1. The van der Waals surface area contributed by atoms with Gasteiger partial charge in [0.25, 0.3) is 5.56 Å². The summed E-state index contributed by atoms with van der Waals surface area (Å²) in [5.41, 5.74) is 5.87. The first-order valence-corrected chi connectivity index (χ1v) is 12.1. The number of H-pyrrole nitrogens is 1.